The second-order valence-electron chi connectivity index (χ2n) is 5.90. The second kappa shape index (κ2) is 4.40. The summed E-state index contributed by atoms with van der Waals surface area (Å²) >= 11 is 0. The monoisotopic (exact) mass is 265 g/mol. The van der Waals surface area contributed by atoms with Crippen LogP contribution in [-0.4, -0.2) is 28.5 Å². The zero-order valence-corrected chi connectivity index (χ0v) is 11.7. The fourth-order valence-corrected chi connectivity index (χ4v) is 1.94. The van der Waals surface area contributed by atoms with E-state index >= 15 is 0 Å². The highest BCUT2D eigenvalue weighted by atomic mass is 16.7. The minimum atomic E-state index is -0.589. The van der Waals surface area contributed by atoms with E-state index in [2.05, 4.69) is 0 Å². The summed E-state index contributed by atoms with van der Waals surface area (Å²) in [6.07, 6.45) is 0. The largest absolute Gasteiger partial charge is 0.504 e. The highest BCUT2D eigenvalue weighted by molar-refractivity contribution is 6.47. The van der Waals surface area contributed by atoms with Crippen LogP contribution < -0.4 is 5.73 Å². The van der Waals surface area contributed by atoms with Crippen LogP contribution in [0.2, 0.25) is 0 Å². The van der Waals surface area contributed by atoms with E-state index in [-0.39, 0.29) is 11.5 Å². The first-order chi connectivity index (χ1) is 8.64. The highest BCUT2D eigenvalue weighted by Gasteiger charge is 2.53. The van der Waals surface area contributed by atoms with Crippen molar-refractivity contribution >= 4 is 7.12 Å². The molecular weight excluding hydrogens is 245 g/mol. The summed E-state index contributed by atoms with van der Waals surface area (Å²) in [5, 5.41) is 18.8. The van der Waals surface area contributed by atoms with E-state index in [0.29, 0.717) is 5.56 Å². The van der Waals surface area contributed by atoms with Crippen molar-refractivity contribution in [1.82, 2.24) is 0 Å². The second-order valence-corrected chi connectivity index (χ2v) is 5.90. The van der Waals surface area contributed by atoms with Gasteiger partial charge < -0.3 is 25.3 Å². The standard InChI is InChI=1S/C13H20BNO4/c1-12(2)13(3,4)19-14(18-12)11(15)8-5-6-9(16)10(17)7-8/h5-7,11,16-17H,15H2,1-4H3/t11-/m0/s1. The summed E-state index contributed by atoms with van der Waals surface area (Å²) in [5.74, 6) is -0.915. The fraction of sp³-hybridized carbons (Fsp3) is 0.538. The van der Waals surface area contributed by atoms with E-state index in [9.17, 15) is 10.2 Å². The van der Waals surface area contributed by atoms with Gasteiger partial charge in [-0.2, -0.15) is 0 Å². The Morgan fingerprint density at radius 3 is 2.05 bits per heavy atom. The third-order valence-corrected chi connectivity index (χ3v) is 3.95. The molecule has 1 aromatic rings. The van der Waals surface area contributed by atoms with E-state index in [1.54, 1.807) is 6.07 Å². The zero-order chi connectivity index (χ0) is 14.4. The molecule has 5 nitrogen and oxygen atoms in total. The highest BCUT2D eigenvalue weighted by Crippen LogP contribution is 2.40. The molecule has 1 atom stereocenters. The maximum atomic E-state index is 9.51. The van der Waals surface area contributed by atoms with Gasteiger partial charge in [-0.15, -0.1) is 0 Å². The smallest absolute Gasteiger partial charge is 0.480 e. The Bertz CT molecular complexity index is 474. The molecule has 0 spiro atoms. The molecule has 0 amide bonds. The van der Waals surface area contributed by atoms with Crippen molar-refractivity contribution in [2.45, 2.75) is 44.8 Å². The minimum absolute atomic E-state index is 0.176. The number of aromatic hydroxyl groups is 2. The summed E-state index contributed by atoms with van der Waals surface area (Å²) < 4.78 is 11.7. The maximum Gasteiger partial charge on any atom is 0.480 e. The maximum absolute atomic E-state index is 9.51. The normalized spacial score (nSPS) is 22.5. The molecule has 4 N–H and O–H groups in total. The van der Waals surface area contributed by atoms with Crippen molar-refractivity contribution in [2.24, 2.45) is 5.73 Å². The van der Waals surface area contributed by atoms with Gasteiger partial charge in [0.1, 0.15) is 0 Å². The molecule has 0 saturated carbocycles. The van der Waals surface area contributed by atoms with Crippen molar-refractivity contribution in [1.29, 1.82) is 0 Å². The molecule has 0 bridgehead atoms. The van der Waals surface area contributed by atoms with Gasteiger partial charge in [0.05, 0.1) is 17.1 Å². The van der Waals surface area contributed by atoms with Gasteiger partial charge in [0.2, 0.25) is 0 Å². The van der Waals surface area contributed by atoms with E-state index < -0.39 is 24.3 Å². The van der Waals surface area contributed by atoms with Crippen LogP contribution in [0.3, 0.4) is 0 Å². The predicted octanol–water partition coefficient (Wildman–Crippen LogP) is 1.73. The van der Waals surface area contributed by atoms with Gasteiger partial charge in [-0.25, -0.2) is 0 Å². The molecule has 19 heavy (non-hydrogen) atoms. The van der Waals surface area contributed by atoms with Crippen LogP contribution >= 0.6 is 0 Å². The van der Waals surface area contributed by atoms with Gasteiger partial charge in [-0.05, 0) is 45.4 Å². The third kappa shape index (κ3) is 2.43. The lowest BCUT2D eigenvalue weighted by Gasteiger charge is -2.32. The topological polar surface area (TPSA) is 84.9 Å². The van der Waals surface area contributed by atoms with Crippen molar-refractivity contribution in [3.8, 4) is 11.5 Å². The Morgan fingerprint density at radius 1 is 1.05 bits per heavy atom. The van der Waals surface area contributed by atoms with Crippen molar-refractivity contribution < 1.29 is 19.5 Å². The number of phenols is 2. The van der Waals surface area contributed by atoms with Crippen LogP contribution in [0.1, 0.15) is 39.2 Å². The molecule has 1 aliphatic heterocycles. The molecule has 0 unspecified atom stereocenters. The number of hydrogen-bond acceptors (Lipinski definition) is 5. The first-order valence-corrected chi connectivity index (χ1v) is 6.27. The predicted molar refractivity (Wildman–Crippen MR) is 72.8 cm³/mol. The molecular formula is C13H20BNO4. The van der Waals surface area contributed by atoms with Crippen LogP contribution in [0, 0.1) is 0 Å². The summed E-state index contributed by atoms with van der Waals surface area (Å²) in [6.45, 7) is 7.81. The van der Waals surface area contributed by atoms with Crippen LogP contribution in [0.15, 0.2) is 18.2 Å². The minimum Gasteiger partial charge on any atom is -0.504 e. The van der Waals surface area contributed by atoms with E-state index in [1.165, 1.54) is 12.1 Å². The molecule has 0 aromatic heterocycles. The van der Waals surface area contributed by atoms with Gasteiger partial charge in [-0.1, -0.05) is 6.07 Å². The summed E-state index contributed by atoms with van der Waals surface area (Å²) in [6, 6.07) is 4.46. The average Bonchev–Trinajstić information content (AvgIpc) is 2.51. The molecule has 2 rings (SSSR count). The molecule has 1 aliphatic rings. The molecule has 104 valence electrons. The van der Waals surface area contributed by atoms with Crippen LogP contribution in [0.5, 0.6) is 11.5 Å². The Labute approximate surface area is 113 Å². The molecule has 1 saturated heterocycles. The summed E-state index contributed by atoms with van der Waals surface area (Å²) in [7, 11) is -0.589. The number of hydrogen-bond donors (Lipinski definition) is 3. The average molecular weight is 265 g/mol. The first-order valence-electron chi connectivity index (χ1n) is 6.27. The number of nitrogens with two attached hydrogens (primary N) is 1. The van der Waals surface area contributed by atoms with Crippen LogP contribution in [-0.2, 0) is 9.31 Å². The molecule has 0 aliphatic carbocycles. The number of rotatable bonds is 2. The van der Waals surface area contributed by atoms with E-state index in [4.69, 9.17) is 15.0 Å². The molecule has 1 heterocycles. The lowest BCUT2D eigenvalue weighted by Crippen LogP contribution is -2.41. The molecule has 1 fully saturated rings. The van der Waals surface area contributed by atoms with Gasteiger partial charge in [0.15, 0.2) is 11.5 Å². The van der Waals surface area contributed by atoms with Crippen molar-refractivity contribution in [2.75, 3.05) is 0 Å². The Morgan fingerprint density at radius 2 is 1.58 bits per heavy atom. The Hall–Kier alpha value is -1.24. The lowest BCUT2D eigenvalue weighted by atomic mass is 9.75. The van der Waals surface area contributed by atoms with E-state index in [0.717, 1.165) is 0 Å². The summed E-state index contributed by atoms with van der Waals surface area (Å²) in [4.78, 5) is 0. The van der Waals surface area contributed by atoms with Crippen LogP contribution in [0.4, 0.5) is 0 Å². The van der Waals surface area contributed by atoms with Gasteiger partial charge in [-0.3, -0.25) is 0 Å². The Balaban J connectivity index is 2.22. The van der Waals surface area contributed by atoms with Crippen LogP contribution in [0.25, 0.3) is 0 Å². The molecule has 1 aromatic carbocycles. The third-order valence-electron chi connectivity index (χ3n) is 3.95. The SMILES string of the molecule is CC1(C)OB([C@@H](N)c2ccc(O)c(O)c2)OC1(C)C. The quantitative estimate of drug-likeness (QED) is 0.560. The fourth-order valence-electron chi connectivity index (χ4n) is 1.94. The molecule has 0 radical (unpaired) electrons. The van der Waals surface area contributed by atoms with Crippen molar-refractivity contribution in [3.05, 3.63) is 23.8 Å². The Kier molecular flexibility index (Phi) is 3.29. The summed E-state index contributed by atoms with van der Waals surface area (Å²) in [5.41, 5.74) is 5.87. The molecule has 6 heteroatoms. The first kappa shape index (κ1) is 14.2. The number of benzene rings is 1. The van der Waals surface area contributed by atoms with E-state index in [1.807, 2.05) is 27.7 Å². The van der Waals surface area contributed by atoms with Crippen molar-refractivity contribution in [3.63, 3.8) is 0 Å². The van der Waals surface area contributed by atoms with Gasteiger partial charge in [0, 0.05) is 0 Å². The lowest BCUT2D eigenvalue weighted by molar-refractivity contribution is 0.00578. The van der Waals surface area contributed by atoms with Gasteiger partial charge in [0.25, 0.3) is 0 Å². The zero-order valence-electron chi connectivity index (χ0n) is 11.7. The van der Waals surface area contributed by atoms with Gasteiger partial charge >= 0.3 is 7.12 Å². The number of phenolic OH excluding ortho intramolecular Hbond substituents is 2.